The first-order chi connectivity index (χ1) is 13.7. The zero-order valence-corrected chi connectivity index (χ0v) is 17.1. The van der Waals surface area contributed by atoms with Crippen LogP contribution < -0.4 is 9.80 Å². The second-order valence-electron chi connectivity index (χ2n) is 7.66. The number of nitrogens with zero attached hydrogens (tertiary/aromatic N) is 3. The maximum absolute atomic E-state index is 12.6. The molecule has 2 aliphatic heterocycles. The molecular formula is C23H28ClN3O. The van der Waals surface area contributed by atoms with E-state index in [-0.39, 0.29) is 5.91 Å². The van der Waals surface area contributed by atoms with Crippen LogP contribution in [0.2, 0.25) is 5.02 Å². The lowest BCUT2D eigenvalue weighted by Gasteiger charge is -2.36. The molecule has 0 radical (unpaired) electrons. The molecule has 28 heavy (non-hydrogen) atoms. The van der Waals surface area contributed by atoms with Crippen LogP contribution in [0.15, 0.2) is 48.5 Å². The molecule has 2 aliphatic rings. The number of halogens is 1. The van der Waals surface area contributed by atoms with Crippen molar-refractivity contribution in [2.45, 2.75) is 25.7 Å². The summed E-state index contributed by atoms with van der Waals surface area (Å²) >= 11 is 6.32. The van der Waals surface area contributed by atoms with E-state index in [2.05, 4.69) is 34.1 Å². The van der Waals surface area contributed by atoms with Gasteiger partial charge in [0.25, 0.3) is 0 Å². The molecular weight excluding hydrogens is 370 g/mol. The van der Waals surface area contributed by atoms with Gasteiger partial charge in [0.1, 0.15) is 0 Å². The molecule has 1 amide bonds. The molecule has 4 nitrogen and oxygen atoms in total. The van der Waals surface area contributed by atoms with Gasteiger partial charge in [-0.25, -0.2) is 0 Å². The van der Waals surface area contributed by atoms with Crippen LogP contribution in [0.3, 0.4) is 0 Å². The van der Waals surface area contributed by atoms with E-state index in [1.165, 1.54) is 5.56 Å². The van der Waals surface area contributed by atoms with E-state index in [9.17, 15) is 4.79 Å². The Balaban J connectivity index is 1.17. The monoisotopic (exact) mass is 397 g/mol. The van der Waals surface area contributed by atoms with Crippen molar-refractivity contribution in [3.05, 3.63) is 59.1 Å². The van der Waals surface area contributed by atoms with Crippen molar-refractivity contribution < 1.29 is 4.79 Å². The van der Waals surface area contributed by atoms with E-state index < -0.39 is 0 Å². The number of unbranched alkanes of at least 4 members (excludes halogenated alkanes) is 1. The second kappa shape index (κ2) is 8.97. The molecule has 0 atom stereocenters. The normalized spacial score (nSPS) is 17.0. The number of benzene rings is 2. The summed E-state index contributed by atoms with van der Waals surface area (Å²) in [5, 5.41) is 0.831. The van der Waals surface area contributed by atoms with Gasteiger partial charge in [-0.1, -0.05) is 41.9 Å². The number of carbonyl (C=O) groups excluding carboxylic acids is 1. The van der Waals surface area contributed by atoms with Crippen molar-refractivity contribution in [3.8, 4) is 0 Å². The van der Waals surface area contributed by atoms with Gasteiger partial charge in [0.15, 0.2) is 0 Å². The lowest BCUT2D eigenvalue weighted by atomic mass is 10.1. The molecule has 2 aromatic carbocycles. The third-order valence-electron chi connectivity index (χ3n) is 5.87. The predicted molar refractivity (Wildman–Crippen MR) is 116 cm³/mol. The van der Waals surface area contributed by atoms with E-state index in [4.69, 9.17) is 11.6 Å². The number of hydrogen-bond acceptors (Lipinski definition) is 3. The molecule has 0 N–H and O–H groups in total. The molecule has 5 heteroatoms. The van der Waals surface area contributed by atoms with E-state index in [1.807, 2.05) is 29.2 Å². The van der Waals surface area contributed by atoms with Crippen LogP contribution in [-0.2, 0) is 11.2 Å². The highest BCUT2D eigenvalue weighted by molar-refractivity contribution is 6.33. The van der Waals surface area contributed by atoms with Gasteiger partial charge in [0.2, 0.25) is 5.91 Å². The number of carbonyl (C=O) groups is 1. The van der Waals surface area contributed by atoms with Gasteiger partial charge in [-0.3, -0.25) is 9.69 Å². The summed E-state index contributed by atoms with van der Waals surface area (Å²) in [6, 6.07) is 16.3. The molecule has 1 fully saturated rings. The molecule has 4 rings (SSSR count). The third-order valence-corrected chi connectivity index (χ3v) is 6.19. The molecule has 0 aromatic heterocycles. The van der Waals surface area contributed by atoms with Crippen molar-refractivity contribution in [2.24, 2.45) is 0 Å². The lowest BCUT2D eigenvalue weighted by Crippen LogP contribution is -2.46. The molecule has 0 aliphatic carbocycles. The maximum atomic E-state index is 12.6. The highest BCUT2D eigenvalue weighted by atomic mass is 35.5. The third kappa shape index (κ3) is 4.34. The van der Waals surface area contributed by atoms with Crippen molar-refractivity contribution >= 4 is 28.9 Å². The average molecular weight is 398 g/mol. The summed E-state index contributed by atoms with van der Waals surface area (Å²) in [4.78, 5) is 19.4. The zero-order chi connectivity index (χ0) is 19.3. The van der Waals surface area contributed by atoms with Crippen molar-refractivity contribution in [3.63, 3.8) is 0 Å². The van der Waals surface area contributed by atoms with Gasteiger partial charge in [-0.2, -0.15) is 0 Å². The minimum Gasteiger partial charge on any atom is -0.368 e. The van der Waals surface area contributed by atoms with Crippen LogP contribution in [0.1, 0.15) is 24.8 Å². The minimum atomic E-state index is 0.272. The quantitative estimate of drug-likeness (QED) is 0.683. The van der Waals surface area contributed by atoms with Crippen LogP contribution in [0.4, 0.5) is 11.4 Å². The summed E-state index contributed by atoms with van der Waals surface area (Å²) in [5.41, 5.74) is 3.55. The van der Waals surface area contributed by atoms with E-state index >= 15 is 0 Å². The maximum Gasteiger partial charge on any atom is 0.226 e. The number of anilines is 2. The van der Waals surface area contributed by atoms with E-state index in [0.29, 0.717) is 6.42 Å². The van der Waals surface area contributed by atoms with Gasteiger partial charge in [-0.05, 0) is 49.6 Å². The molecule has 1 saturated heterocycles. The van der Waals surface area contributed by atoms with Crippen LogP contribution in [0, 0.1) is 0 Å². The molecule has 2 aromatic rings. The average Bonchev–Trinajstić information content (AvgIpc) is 3.16. The summed E-state index contributed by atoms with van der Waals surface area (Å²) in [6.45, 7) is 6.03. The molecule has 0 spiro atoms. The smallest absolute Gasteiger partial charge is 0.226 e. The Bertz CT molecular complexity index is 817. The first-order valence-electron chi connectivity index (χ1n) is 10.3. The Kier molecular flexibility index (Phi) is 6.18. The molecule has 0 saturated carbocycles. The van der Waals surface area contributed by atoms with Gasteiger partial charge >= 0.3 is 0 Å². The number of para-hydroxylation sites is 2. The van der Waals surface area contributed by atoms with Gasteiger partial charge < -0.3 is 9.80 Å². The van der Waals surface area contributed by atoms with Crippen LogP contribution in [0.25, 0.3) is 0 Å². The Morgan fingerprint density at radius 2 is 1.57 bits per heavy atom. The second-order valence-corrected chi connectivity index (χ2v) is 8.07. The number of hydrogen-bond donors (Lipinski definition) is 0. The Labute approximate surface area is 172 Å². The number of rotatable bonds is 6. The highest BCUT2D eigenvalue weighted by Crippen LogP contribution is 2.28. The van der Waals surface area contributed by atoms with E-state index in [0.717, 1.165) is 74.9 Å². The summed E-state index contributed by atoms with van der Waals surface area (Å²) in [6.07, 6.45) is 3.67. The minimum absolute atomic E-state index is 0.272. The Morgan fingerprint density at radius 3 is 2.36 bits per heavy atom. The van der Waals surface area contributed by atoms with Gasteiger partial charge in [0, 0.05) is 44.8 Å². The standard InChI is InChI=1S/C23H28ClN3O/c24-20-8-2-4-10-22(20)26-17-15-25(16-18-26)13-6-5-11-23(28)27-14-12-19-7-1-3-9-21(19)27/h1-4,7-10H,5-6,11-18H2. The SMILES string of the molecule is O=C(CCCCN1CCN(c2ccccc2Cl)CC1)N1CCc2ccccc21. The molecule has 148 valence electrons. The van der Waals surface area contributed by atoms with Gasteiger partial charge in [0.05, 0.1) is 10.7 Å². The number of fused-ring (bicyclic) bond motifs is 1. The molecule has 2 heterocycles. The molecule has 0 bridgehead atoms. The van der Waals surface area contributed by atoms with Crippen molar-refractivity contribution in [2.75, 3.05) is 49.1 Å². The van der Waals surface area contributed by atoms with Crippen LogP contribution in [0.5, 0.6) is 0 Å². The fourth-order valence-electron chi connectivity index (χ4n) is 4.26. The largest absolute Gasteiger partial charge is 0.368 e. The van der Waals surface area contributed by atoms with Crippen LogP contribution >= 0.6 is 11.6 Å². The van der Waals surface area contributed by atoms with E-state index in [1.54, 1.807) is 0 Å². The van der Waals surface area contributed by atoms with Crippen molar-refractivity contribution in [1.82, 2.24) is 4.90 Å². The van der Waals surface area contributed by atoms with Gasteiger partial charge in [-0.15, -0.1) is 0 Å². The van der Waals surface area contributed by atoms with Crippen LogP contribution in [-0.4, -0.2) is 50.1 Å². The Hall–Kier alpha value is -2.04. The summed E-state index contributed by atoms with van der Waals surface area (Å²) in [7, 11) is 0. The first kappa shape index (κ1) is 19.3. The Morgan fingerprint density at radius 1 is 0.857 bits per heavy atom. The predicted octanol–water partition coefficient (Wildman–Crippen LogP) is 4.22. The molecule has 0 unspecified atom stereocenters. The highest BCUT2D eigenvalue weighted by Gasteiger charge is 2.23. The number of amides is 1. The fourth-order valence-corrected chi connectivity index (χ4v) is 4.52. The summed E-state index contributed by atoms with van der Waals surface area (Å²) < 4.78 is 0. The number of piperazine rings is 1. The fraction of sp³-hybridized carbons (Fsp3) is 0.435. The van der Waals surface area contributed by atoms with Crippen molar-refractivity contribution in [1.29, 1.82) is 0 Å². The lowest BCUT2D eigenvalue weighted by molar-refractivity contribution is -0.118. The zero-order valence-electron chi connectivity index (χ0n) is 16.3. The topological polar surface area (TPSA) is 26.8 Å². The summed E-state index contributed by atoms with van der Waals surface area (Å²) in [5.74, 6) is 0.272. The first-order valence-corrected chi connectivity index (χ1v) is 10.7.